The summed E-state index contributed by atoms with van der Waals surface area (Å²) in [6, 6.07) is -0.500. The van der Waals surface area contributed by atoms with Crippen LogP contribution >= 0.6 is 0 Å². The van der Waals surface area contributed by atoms with Crippen molar-refractivity contribution >= 4 is 5.91 Å². The molecule has 2 aliphatic rings. The van der Waals surface area contributed by atoms with Gasteiger partial charge in [0.1, 0.15) is 12.2 Å². The molecule has 0 saturated carbocycles. The van der Waals surface area contributed by atoms with Crippen molar-refractivity contribution in [3.05, 3.63) is 0 Å². The Kier molecular flexibility index (Phi) is 3.67. The van der Waals surface area contributed by atoms with E-state index in [9.17, 15) is 9.90 Å². The van der Waals surface area contributed by atoms with Crippen LogP contribution in [0.3, 0.4) is 0 Å². The van der Waals surface area contributed by atoms with Crippen LogP contribution in [0.1, 0.15) is 20.3 Å². The van der Waals surface area contributed by atoms with Crippen LogP contribution < -0.4 is 5.73 Å². The predicted octanol–water partition coefficient (Wildman–Crippen LogP) is -1.19. The fourth-order valence-electron chi connectivity index (χ4n) is 2.87. The number of hydrogen-bond donors (Lipinski definition) is 2. The maximum absolute atomic E-state index is 12.0. The number of carbonyl (C=O) groups is 1. The fraction of sp³-hybridized carbons (Fsp3) is 0.909. The van der Waals surface area contributed by atoms with Gasteiger partial charge in [0.15, 0.2) is 0 Å². The Morgan fingerprint density at radius 1 is 1.41 bits per heavy atom. The van der Waals surface area contributed by atoms with Gasteiger partial charge in [0, 0.05) is 26.2 Å². The molecule has 6 nitrogen and oxygen atoms in total. The molecule has 2 saturated heterocycles. The van der Waals surface area contributed by atoms with E-state index >= 15 is 0 Å². The number of β-amino-alcohol motifs (C(OH)–C–C–N with tert-alkyl or cyclic N) is 1. The van der Waals surface area contributed by atoms with Crippen LogP contribution in [0, 0.1) is 0 Å². The van der Waals surface area contributed by atoms with Gasteiger partial charge < -0.3 is 10.8 Å². The van der Waals surface area contributed by atoms with Crippen LogP contribution in [-0.2, 0) is 4.79 Å². The molecule has 17 heavy (non-hydrogen) atoms. The van der Waals surface area contributed by atoms with E-state index in [4.69, 9.17) is 5.73 Å². The Hall–Kier alpha value is -0.690. The van der Waals surface area contributed by atoms with Crippen molar-refractivity contribution < 1.29 is 9.90 Å². The topological polar surface area (TPSA) is 73.0 Å². The normalized spacial score (nSPS) is 36.1. The Morgan fingerprint density at radius 2 is 2.12 bits per heavy atom. The van der Waals surface area contributed by atoms with Crippen molar-refractivity contribution in [3.63, 3.8) is 0 Å². The summed E-state index contributed by atoms with van der Waals surface area (Å²) in [6.45, 7) is 6.79. The summed E-state index contributed by atoms with van der Waals surface area (Å²) in [5, 5.41) is 13.3. The molecular formula is C11H22N4O2. The molecule has 0 aromatic heterocycles. The first-order chi connectivity index (χ1) is 8.10. The number of likely N-dealkylation sites (tertiary alicyclic amines) is 1. The second-order valence-electron chi connectivity index (χ2n) is 4.69. The summed E-state index contributed by atoms with van der Waals surface area (Å²) >= 11 is 0. The van der Waals surface area contributed by atoms with Crippen LogP contribution in [0.2, 0.25) is 0 Å². The number of carbonyl (C=O) groups excluding carboxylic acids is 1. The monoisotopic (exact) mass is 242 g/mol. The van der Waals surface area contributed by atoms with E-state index in [-0.39, 0.29) is 18.2 Å². The van der Waals surface area contributed by atoms with Crippen molar-refractivity contribution in [1.82, 2.24) is 14.9 Å². The first kappa shape index (κ1) is 12.8. The largest absolute Gasteiger partial charge is 0.392 e. The standard InChI is InChI=1S/C11H22N4O2/c1-3-14-10(13-6-5-8(16)7-13)9(12)11(17)15(14)4-2/h8-10,16H,3-7,12H2,1-2H3. The highest BCUT2D eigenvalue weighted by Gasteiger charge is 2.47. The third-order valence-electron chi connectivity index (χ3n) is 3.67. The summed E-state index contributed by atoms with van der Waals surface area (Å²) < 4.78 is 0. The highest BCUT2D eigenvalue weighted by molar-refractivity contribution is 5.84. The number of nitrogens with two attached hydrogens (primary N) is 1. The molecule has 0 aromatic carbocycles. The van der Waals surface area contributed by atoms with E-state index in [0.717, 1.165) is 19.5 Å². The first-order valence-electron chi connectivity index (χ1n) is 6.35. The van der Waals surface area contributed by atoms with E-state index in [1.165, 1.54) is 0 Å². The highest BCUT2D eigenvalue weighted by atomic mass is 16.3. The van der Waals surface area contributed by atoms with Crippen LogP contribution in [-0.4, -0.2) is 70.4 Å². The number of nitrogens with zero attached hydrogens (tertiary/aromatic N) is 3. The molecule has 2 fully saturated rings. The van der Waals surface area contributed by atoms with Gasteiger partial charge in [-0.3, -0.25) is 14.7 Å². The van der Waals surface area contributed by atoms with E-state index in [2.05, 4.69) is 4.90 Å². The minimum absolute atomic E-state index is 0.0132. The van der Waals surface area contributed by atoms with Gasteiger partial charge in [0.2, 0.25) is 0 Å². The average Bonchev–Trinajstić information content (AvgIpc) is 2.82. The van der Waals surface area contributed by atoms with Gasteiger partial charge in [-0.2, -0.15) is 5.01 Å². The average molecular weight is 242 g/mol. The van der Waals surface area contributed by atoms with E-state index in [1.54, 1.807) is 5.01 Å². The molecule has 0 aliphatic carbocycles. The molecule has 3 unspecified atom stereocenters. The zero-order chi connectivity index (χ0) is 12.6. The second kappa shape index (κ2) is 4.89. The van der Waals surface area contributed by atoms with Crippen molar-refractivity contribution in [1.29, 1.82) is 0 Å². The first-order valence-corrected chi connectivity index (χ1v) is 6.35. The number of aliphatic hydroxyl groups is 1. The summed E-state index contributed by atoms with van der Waals surface area (Å²) in [4.78, 5) is 14.1. The van der Waals surface area contributed by atoms with E-state index in [0.29, 0.717) is 13.1 Å². The van der Waals surface area contributed by atoms with Crippen LogP contribution in [0.15, 0.2) is 0 Å². The summed E-state index contributed by atoms with van der Waals surface area (Å²) in [6.07, 6.45) is 0.387. The van der Waals surface area contributed by atoms with Crippen molar-refractivity contribution in [2.24, 2.45) is 5.73 Å². The Morgan fingerprint density at radius 3 is 2.59 bits per heavy atom. The molecule has 2 heterocycles. The van der Waals surface area contributed by atoms with Gasteiger partial charge >= 0.3 is 0 Å². The minimum Gasteiger partial charge on any atom is -0.392 e. The van der Waals surface area contributed by atoms with Gasteiger partial charge in [0.05, 0.1) is 6.10 Å². The van der Waals surface area contributed by atoms with Crippen molar-refractivity contribution in [2.75, 3.05) is 26.2 Å². The van der Waals surface area contributed by atoms with Gasteiger partial charge in [-0.05, 0) is 13.3 Å². The predicted molar refractivity (Wildman–Crippen MR) is 63.7 cm³/mol. The Balaban J connectivity index is 2.17. The maximum Gasteiger partial charge on any atom is 0.256 e. The number of likely N-dealkylation sites (N-methyl/N-ethyl adjacent to an activating group) is 2. The molecule has 6 heteroatoms. The third-order valence-corrected chi connectivity index (χ3v) is 3.67. The lowest BCUT2D eigenvalue weighted by Crippen LogP contribution is -2.53. The molecule has 0 bridgehead atoms. The third kappa shape index (κ3) is 2.06. The summed E-state index contributed by atoms with van der Waals surface area (Å²) in [7, 11) is 0. The van der Waals surface area contributed by atoms with Gasteiger partial charge in [-0.25, -0.2) is 0 Å². The van der Waals surface area contributed by atoms with Gasteiger partial charge in [-0.15, -0.1) is 0 Å². The molecule has 2 aliphatic heterocycles. The minimum atomic E-state index is -0.500. The Labute approximate surface area is 102 Å². The van der Waals surface area contributed by atoms with Gasteiger partial charge in [-0.1, -0.05) is 6.92 Å². The second-order valence-corrected chi connectivity index (χ2v) is 4.69. The zero-order valence-electron chi connectivity index (χ0n) is 10.5. The van der Waals surface area contributed by atoms with Crippen LogP contribution in [0.5, 0.6) is 0 Å². The van der Waals surface area contributed by atoms with Crippen LogP contribution in [0.25, 0.3) is 0 Å². The van der Waals surface area contributed by atoms with Crippen LogP contribution in [0.4, 0.5) is 0 Å². The molecule has 0 radical (unpaired) electrons. The molecule has 3 N–H and O–H groups in total. The zero-order valence-corrected chi connectivity index (χ0v) is 10.5. The Bertz CT molecular complexity index is 299. The fourth-order valence-corrected chi connectivity index (χ4v) is 2.87. The molecule has 1 amide bonds. The number of aliphatic hydroxyl groups excluding tert-OH is 1. The van der Waals surface area contributed by atoms with E-state index < -0.39 is 6.04 Å². The lowest BCUT2D eigenvalue weighted by Gasteiger charge is -2.35. The number of rotatable bonds is 3. The maximum atomic E-state index is 12.0. The molecule has 3 atom stereocenters. The molecule has 0 spiro atoms. The number of hydrogen-bond acceptors (Lipinski definition) is 5. The van der Waals surface area contributed by atoms with Crippen molar-refractivity contribution in [2.45, 2.75) is 38.6 Å². The summed E-state index contributed by atoms with van der Waals surface area (Å²) in [5.74, 6) is -0.0132. The van der Waals surface area contributed by atoms with E-state index in [1.807, 2.05) is 18.9 Å². The summed E-state index contributed by atoms with van der Waals surface area (Å²) in [5.41, 5.74) is 6.02. The molecule has 98 valence electrons. The highest BCUT2D eigenvalue weighted by Crippen LogP contribution is 2.25. The van der Waals surface area contributed by atoms with Gasteiger partial charge in [0.25, 0.3) is 5.91 Å². The number of hydrazine groups is 1. The van der Waals surface area contributed by atoms with Crippen molar-refractivity contribution in [3.8, 4) is 0 Å². The lowest BCUT2D eigenvalue weighted by atomic mass is 10.2. The molecule has 2 rings (SSSR count). The smallest absolute Gasteiger partial charge is 0.256 e. The lowest BCUT2D eigenvalue weighted by molar-refractivity contribution is -0.140. The quantitative estimate of drug-likeness (QED) is 0.651. The number of amides is 1. The molecule has 0 aromatic rings. The SMILES string of the molecule is CCN1C(=O)C(N)C(N2CCC(O)C2)N1CC. The molecular weight excluding hydrogens is 220 g/mol.